The van der Waals surface area contributed by atoms with E-state index in [1.807, 2.05) is 13.8 Å². The fourth-order valence-electron chi connectivity index (χ4n) is 2.84. The molecule has 1 aliphatic heterocycles. The van der Waals surface area contributed by atoms with E-state index >= 15 is 0 Å². The van der Waals surface area contributed by atoms with Crippen LogP contribution in [0.2, 0.25) is 0 Å². The van der Waals surface area contributed by atoms with Gasteiger partial charge in [-0.3, -0.25) is 0 Å². The van der Waals surface area contributed by atoms with Crippen molar-refractivity contribution in [2.75, 3.05) is 19.7 Å². The van der Waals surface area contributed by atoms with Crippen molar-refractivity contribution in [2.24, 2.45) is 5.92 Å². The first-order valence-corrected chi connectivity index (χ1v) is 7.27. The maximum Gasteiger partial charge on any atom is 0.329 e. The molecule has 21 heavy (non-hydrogen) atoms. The standard InChI is InChI=1S/C14H24N2O5/c1-13(2)8-16(6-10(7-17)21-13)12(20)15-14(3,11(18)19)9-4-5-9/h9-10,17H,4-8H2,1-3H3,(H,15,20)(H,18,19). The lowest BCUT2D eigenvalue weighted by atomic mass is 9.96. The highest BCUT2D eigenvalue weighted by atomic mass is 16.5. The lowest BCUT2D eigenvalue weighted by molar-refractivity contribution is -0.146. The number of carbonyl (C=O) groups is 2. The van der Waals surface area contributed by atoms with E-state index in [2.05, 4.69) is 5.32 Å². The van der Waals surface area contributed by atoms with Crippen molar-refractivity contribution >= 4 is 12.0 Å². The zero-order valence-electron chi connectivity index (χ0n) is 12.8. The molecule has 2 fully saturated rings. The number of ether oxygens (including phenoxy) is 1. The van der Waals surface area contributed by atoms with Gasteiger partial charge >= 0.3 is 12.0 Å². The Balaban J connectivity index is 2.06. The summed E-state index contributed by atoms with van der Waals surface area (Å²) in [5.41, 5.74) is -1.80. The van der Waals surface area contributed by atoms with Crippen LogP contribution in [0.15, 0.2) is 0 Å². The van der Waals surface area contributed by atoms with E-state index in [0.29, 0.717) is 6.54 Å². The number of carboxylic acid groups (broad SMARTS) is 1. The summed E-state index contributed by atoms with van der Waals surface area (Å²) in [6.45, 7) is 5.67. The molecule has 7 nitrogen and oxygen atoms in total. The molecule has 1 aliphatic carbocycles. The van der Waals surface area contributed by atoms with Crippen LogP contribution in [0.3, 0.4) is 0 Å². The monoisotopic (exact) mass is 300 g/mol. The number of aliphatic carboxylic acids is 1. The third-order valence-electron chi connectivity index (χ3n) is 4.18. The third-order valence-corrected chi connectivity index (χ3v) is 4.18. The number of hydrogen-bond donors (Lipinski definition) is 3. The van der Waals surface area contributed by atoms with Gasteiger partial charge in [0.2, 0.25) is 0 Å². The van der Waals surface area contributed by atoms with Gasteiger partial charge in [0.15, 0.2) is 0 Å². The molecular formula is C14H24N2O5. The second kappa shape index (κ2) is 5.46. The van der Waals surface area contributed by atoms with Crippen molar-refractivity contribution in [2.45, 2.75) is 50.9 Å². The molecule has 2 amide bonds. The maximum absolute atomic E-state index is 12.4. The summed E-state index contributed by atoms with van der Waals surface area (Å²) in [5.74, 6) is -1.02. The van der Waals surface area contributed by atoms with E-state index in [0.717, 1.165) is 12.8 Å². The van der Waals surface area contributed by atoms with Gasteiger partial charge in [0.05, 0.1) is 31.4 Å². The van der Waals surface area contributed by atoms with E-state index in [-0.39, 0.29) is 19.1 Å². The first kappa shape index (κ1) is 16.0. The normalized spacial score (nSPS) is 27.8. The second-order valence-corrected chi connectivity index (χ2v) is 6.77. The highest BCUT2D eigenvalue weighted by Crippen LogP contribution is 2.40. The smallest absolute Gasteiger partial charge is 0.329 e. The minimum Gasteiger partial charge on any atom is -0.480 e. The zero-order chi connectivity index (χ0) is 15.8. The lowest BCUT2D eigenvalue weighted by Crippen LogP contribution is -2.62. The van der Waals surface area contributed by atoms with E-state index in [1.165, 1.54) is 4.90 Å². The Morgan fingerprint density at radius 3 is 2.52 bits per heavy atom. The van der Waals surface area contributed by atoms with Crippen LogP contribution in [-0.2, 0) is 9.53 Å². The first-order valence-electron chi connectivity index (χ1n) is 7.27. The number of rotatable bonds is 4. The van der Waals surface area contributed by atoms with Gasteiger partial charge in [0.25, 0.3) is 0 Å². The summed E-state index contributed by atoms with van der Waals surface area (Å²) in [6, 6.07) is -0.415. The third kappa shape index (κ3) is 3.47. The summed E-state index contributed by atoms with van der Waals surface area (Å²) in [5, 5.41) is 21.3. The summed E-state index contributed by atoms with van der Waals surface area (Å²) in [7, 11) is 0. The Morgan fingerprint density at radius 2 is 2.05 bits per heavy atom. The number of amides is 2. The number of urea groups is 1. The first-order chi connectivity index (χ1) is 9.68. The number of morpholine rings is 1. The topological polar surface area (TPSA) is 99.1 Å². The van der Waals surface area contributed by atoms with Crippen LogP contribution in [-0.4, -0.2) is 64.1 Å². The van der Waals surface area contributed by atoms with Crippen LogP contribution in [0.1, 0.15) is 33.6 Å². The zero-order valence-corrected chi connectivity index (χ0v) is 12.8. The molecule has 1 saturated heterocycles. The molecule has 120 valence electrons. The van der Waals surface area contributed by atoms with Crippen molar-refractivity contribution in [3.63, 3.8) is 0 Å². The molecule has 3 N–H and O–H groups in total. The van der Waals surface area contributed by atoms with E-state index in [1.54, 1.807) is 6.92 Å². The molecule has 0 aromatic heterocycles. The van der Waals surface area contributed by atoms with Gasteiger partial charge < -0.3 is 25.2 Å². The highest BCUT2D eigenvalue weighted by molar-refractivity contribution is 5.86. The minimum absolute atomic E-state index is 0.0124. The molecule has 2 unspecified atom stereocenters. The maximum atomic E-state index is 12.4. The summed E-state index contributed by atoms with van der Waals surface area (Å²) < 4.78 is 5.65. The summed E-state index contributed by atoms with van der Waals surface area (Å²) in [4.78, 5) is 25.4. The highest BCUT2D eigenvalue weighted by Gasteiger charge is 2.49. The molecule has 1 heterocycles. The number of aliphatic hydroxyl groups excluding tert-OH is 1. The van der Waals surface area contributed by atoms with Crippen molar-refractivity contribution in [3.05, 3.63) is 0 Å². The van der Waals surface area contributed by atoms with Gasteiger partial charge in [0, 0.05) is 0 Å². The molecule has 0 aromatic rings. The Bertz CT molecular complexity index is 435. The molecule has 0 spiro atoms. The molecule has 7 heteroatoms. The van der Waals surface area contributed by atoms with Crippen molar-refractivity contribution < 1.29 is 24.5 Å². The summed E-state index contributed by atoms with van der Waals surface area (Å²) >= 11 is 0. The van der Waals surface area contributed by atoms with Gasteiger partial charge in [0.1, 0.15) is 5.54 Å². The average molecular weight is 300 g/mol. The minimum atomic E-state index is -1.23. The van der Waals surface area contributed by atoms with Crippen LogP contribution in [0, 0.1) is 5.92 Å². The summed E-state index contributed by atoms with van der Waals surface area (Å²) in [6.07, 6.45) is 1.19. The predicted octanol–water partition coefficient (Wildman–Crippen LogP) is 0.421. The number of nitrogens with zero attached hydrogens (tertiary/aromatic N) is 1. The Morgan fingerprint density at radius 1 is 1.43 bits per heavy atom. The molecule has 0 bridgehead atoms. The van der Waals surface area contributed by atoms with Crippen LogP contribution >= 0.6 is 0 Å². The van der Waals surface area contributed by atoms with Gasteiger partial charge in [-0.2, -0.15) is 0 Å². The SMILES string of the molecule is CC1(C)CN(C(=O)NC(C)(C(=O)O)C2CC2)CC(CO)O1. The number of nitrogens with one attached hydrogen (secondary N) is 1. The Labute approximate surface area is 124 Å². The second-order valence-electron chi connectivity index (χ2n) is 6.77. The van der Waals surface area contributed by atoms with E-state index in [9.17, 15) is 19.8 Å². The number of hydrogen-bond acceptors (Lipinski definition) is 4. The van der Waals surface area contributed by atoms with Crippen LogP contribution in [0.4, 0.5) is 4.79 Å². The lowest BCUT2D eigenvalue weighted by Gasteiger charge is -2.43. The van der Waals surface area contributed by atoms with Crippen LogP contribution < -0.4 is 5.32 Å². The van der Waals surface area contributed by atoms with Crippen LogP contribution in [0.25, 0.3) is 0 Å². The van der Waals surface area contributed by atoms with Gasteiger partial charge in [-0.05, 0) is 39.5 Å². The Hall–Kier alpha value is -1.34. The van der Waals surface area contributed by atoms with Gasteiger partial charge in [-0.25, -0.2) is 9.59 Å². The fraction of sp³-hybridized carbons (Fsp3) is 0.857. The predicted molar refractivity (Wildman–Crippen MR) is 74.9 cm³/mol. The molecule has 2 aliphatic rings. The molecule has 0 radical (unpaired) electrons. The fourth-order valence-corrected chi connectivity index (χ4v) is 2.84. The Kier molecular flexibility index (Phi) is 4.17. The van der Waals surface area contributed by atoms with Gasteiger partial charge in [-0.15, -0.1) is 0 Å². The number of carboxylic acids is 1. The number of aliphatic hydroxyl groups is 1. The van der Waals surface area contributed by atoms with Crippen molar-refractivity contribution in [1.82, 2.24) is 10.2 Å². The molecule has 0 aromatic carbocycles. The van der Waals surface area contributed by atoms with Crippen LogP contribution in [0.5, 0.6) is 0 Å². The largest absolute Gasteiger partial charge is 0.480 e. The average Bonchev–Trinajstić information content (AvgIpc) is 3.20. The number of carbonyl (C=O) groups excluding carboxylic acids is 1. The molecule has 2 rings (SSSR count). The van der Waals surface area contributed by atoms with E-state index in [4.69, 9.17) is 4.74 Å². The quantitative estimate of drug-likeness (QED) is 0.699. The molecule has 2 atom stereocenters. The van der Waals surface area contributed by atoms with Crippen molar-refractivity contribution in [1.29, 1.82) is 0 Å². The molecular weight excluding hydrogens is 276 g/mol. The van der Waals surface area contributed by atoms with Gasteiger partial charge in [-0.1, -0.05) is 0 Å². The van der Waals surface area contributed by atoms with E-state index < -0.39 is 29.2 Å². The van der Waals surface area contributed by atoms with Crippen molar-refractivity contribution in [3.8, 4) is 0 Å². The molecule has 1 saturated carbocycles.